The number of ether oxygens (including phenoxy) is 4. The molecule has 7 N–H and O–H groups in total. The fourth-order valence-corrected chi connectivity index (χ4v) is 11.9. The zero-order chi connectivity index (χ0) is 43.0. The molecule has 5 rings (SSSR count). The maximum atomic E-state index is 12.9. The molecule has 0 unspecified atom stereocenters. The van der Waals surface area contributed by atoms with Gasteiger partial charge in [-0.3, -0.25) is 19.2 Å². The molecule has 0 aliphatic heterocycles. The summed E-state index contributed by atoms with van der Waals surface area (Å²) in [6.07, 6.45) is 12.3. The van der Waals surface area contributed by atoms with Crippen molar-refractivity contribution in [2.45, 2.75) is 142 Å². The maximum Gasteiger partial charge on any atom is 0.306 e. The van der Waals surface area contributed by atoms with Crippen LogP contribution in [-0.2, 0) is 28.6 Å². The van der Waals surface area contributed by atoms with Gasteiger partial charge in [0.2, 0.25) is 11.8 Å². The topological polar surface area (TPSA) is 216 Å². The van der Waals surface area contributed by atoms with Crippen molar-refractivity contribution in [1.82, 2.24) is 5.32 Å². The number of nitrogens with two attached hydrogens (primary N) is 1. The van der Waals surface area contributed by atoms with Crippen molar-refractivity contribution >= 4 is 29.4 Å². The van der Waals surface area contributed by atoms with Crippen molar-refractivity contribution < 1.29 is 53.4 Å². The van der Waals surface area contributed by atoms with Gasteiger partial charge in [-0.25, -0.2) is 0 Å². The minimum atomic E-state index is -0.908. The molecule has 14 heteroatoms. The number of hydrogen-bond acceptors (Lipinski definition) is 11. The molecular weight excluding hydrogens is 759 g/mol. The second kappa shape index (κ2) is 20.4. The number of aromatic hydroxyl groups is 1. The van der Waals surface area contributed by atoms with E-state index in [0.717, 1.165) is 57.8 Å². The minimum absolute atomic E-state index is 0.00520. The van der Waals surface area contributed by atoms with Crippen molar-refractivity contribution in [1.29, 1.82) is 0 Å². The van der Waals surface area contributed by atoms with Crippen molar-refractivity contribution in [3.8, 4) is 11.5 Å². The Morgan fingerprint density at radius 3 is 2.36 bits per heavy atom. The second-order valence-corrected chi connectivity index (χ2v) is 18.5. The molecule has 4 saturated carbocycles. The van der Waals surface area contributed by atoms with Crippen LogP contribution in [0.25, 0.3) is 0 Å². The standard InChI is InChI=1S/C45H71N3O11/c1-6-7-8-9-18-45(4,55)36-13-10-30-29-26-34(49)32-25-28(16-19-43(32,2)31(29)17-20-44(30,36)3)59-39(52)15-14-37(50)47-21-22-57-23-24-58-27-38(51)48-33-11-12-35(56-5)40(41(33)53)42(46)54/h11-12,28-32,34,36,49,53,55H,6-10,13-27H2,1-5H3,(H2,46,54)(H,47,50)(H,48,51)/t28-,29-,30-,31-,32+,34-,36-,43+,44-,45-/m0/s1. The molecule has 10 atom stereocenters. The number of aliphatic hydroxyl groups is 2. The van der Waals surface area contributed by atoms with E-state index in [0.29, 0.717) is 30.1 Å². The van der Waals surface area contributed by atoms with Gasteiger partial charge in [0.1, 0.15) is 24.0 Å². The molecule has 4 fully saturated rings. The van der Waals surface area contributed by atoms with Crippen LogP contribution in [0.3, 0.4) is 0 Å². The van der Waals surface area contributed by atoms with Gasteiger partial charge in [0.15, 0.2) is 5.75 Å². The lowest BCUT2D eigenvalue weighted by Gasteiger charge is -2.62. The number of rotatable bonds is 21. The zero-order valence-electron chi connectivity index (χ0n) is 36.0. The Morgan fingerprint density at radius 1 is 0.898 bits per heavy atom. The third kappa shape index (κ3) is 10.9. The summed E-state index contributed by atoms with van der Waals surface area (Å²) in [7, 11) is 1.32. The monoisotopic (exact) mass is 830 g/mol. The molecule has 0 aromatic heterocycles. The van der Waals surface area contributed by atoms with Crippen LogP contribution in [0, 0.1) is 40.4 Å². The quantitative estimate of drug-likeness (QED) is 0.0507. The summed E-state index contributed by atoms with van der Waals surface area (Å²) in [6.45, 7) is 9.47. The summed E-state index contributed by atoms with van der Waals surface area (Å²) in [6, 6.07) is 2.77. The first-order chi connectivity index (χ1) is 28.0. The molecule has 14 nitrogen and oxygen atoms in total. The molecule has 0 bridgehead atoms. The van der Waals surface area contributed by atoms with Gasteiger partial charge < -0.3 is 50.6 Å². The number of aliphatic hydroxyl groups excluding tert-OH is 1. The van der Waals surface area contributed by atoms with Gasteiger partial charge in [-0.05, 0) is 117 Å². The molecule has 3 amide bonds. The smallest absolute Gasteiger partial charge is 0.306 e. The number of unbranched alkanes of at least 4 members (excludes halogenated alkanes) is 3. The van der Waals surface area contributed by atoms with Crippen LogP contribution < -0.4 is 21.1 Å². The number of amides is 3. The fraction of sp³-hybridized carbons (Fsp3) is 0.778. The highest BCUT2D eigenvalue weighted by Gasteiger charge is 2.64. The van der Waals surface area contributed by atoms with Gasteiger partial charge in [-0.15, -0.1) is 0 Å². The average Bonchev–Trinajstić information content (AvgIpc) is 3.56. The molecule has 0 saturated heterocycles. The summed E-state index contributed by atoms with van der Waals surface area (Å²) in [5, 5.41) is 39.0. The molecule has 4 aliphatic carbocycles. The molecule has 1 aromatic rings. The Hall–Kier alpha value is -3.46. The highest BCUT2D eigenvalue weighted by molar-refractivity contribution is 6.02. The number of carbonyl (C=O) groups is 4. The average molecular weight is 830 g/mol. The summed E-state index contributed by atoms with van der Waals surface area (Å²) in [5.41, 5.74) is 4.46. The van der Waals surface area contributed by atoms with Gasteiger partial charge in [-0.2, -0.15) is 0 Å². The summed E-state index contributed by atoms with van der Waals surface area (Å²) in [5.74, 6) is -0.757. The SMILES string of the molecule is CCCCCC[C@](C)(O)[C@H]1CC[C@H]2[C@@H]3C[C@H](O)[C@H]4C[C@@H](OC(=O)CCC(=O)NCCOCCOCC(=O)Nc5ccc(OC)c(C(N)=O)c5O)CC[C@]4(C)[C@H]3CC[C@@]21C. The van der Waals surface area contributed by atoms with Crippen LogP contribution in [-0.4, -0.2) is 96.9 Å². The molecule has 59 heavy (non-hydrogen) atoms. The third-order valence-corrected chi connectivity index (χ3v) is 14.8. The fourth-order valence-electron chi connectivity index (χ4n) is 11.9. The first kappa shape index (κ1) is 46.6. The number of benzene rings is 1. The van der Waals surface area contributed by atoms with Crippen molar-refractivity contribution in [3.05, 3.63) is 17.7 Å². The summed E-state index contributed by atoms with van der Waals surface area (Å²) in [4.78, 5) is 49.2. The van der Waals surface area contributed by atoms with E-state index >= 15 is 0 Å². The van der Waals surface area contributed by atoms with Crippen LogP contribution in [0.15, 0.2) is 12.1 Å². The first-order valence-electron chi connectivity index (χ1n) is 22.1. The largest absolute Gasteiger partial charge is 0.505 e. The molecule has 332 valence electrons. The second-order valence-electron chi connectivity index (χ2n) is 18.5. The molecule has 1 aromatic carbocycles. The van der Waals surface area contributed by atoms with Gasteiger partial charge in [0, 0.05) is 13.0 Å². The maximum absolute atomic E-state index is 12.9. The number of fused-ring (bicyclic) bond motifs is 5. The van der Waals surface area contributed by atoms with E-state index in [1.165, 1.54) is 38.5 Å². The highest BCUT2D eigenvalue weighted by atomic mass is 16.5. The van der Waals surface area contributed by atoms with Crippen LogP contribution in [0.5, 0.6) is 11.5 Å². The van der Waals surface area contributed by atoms with Gasteiger partial charge >= 0.3 is 5.97 Å². The number of anilines is 1. The van der Waals surface area contributed by atoms with Gasteiger partial charge in [0.25, 0.3) is 5.91 Å². The lowest BCUT2D eigenvalue weighted by Crippen LogP contribution is -2.59. The van der Waals surface area contributed by atoms with E-state index in [1.54, 1.807) is 0 Å². The Balaban J connectivity index is 0.961. The minimum Gasteiger partial charge on any atom is -0.505 e. The number of hydrogen-bond donors (Lipinski definition) is 6. The van der Waals surface area contributed by atoms with E-state index < -0.39 is 35.2 Å². The number of methoxy groups -OCH3 is 1. The Morgan fingerprint density at radius 2 is 1.63 bits per heavy atom. The lowest BCUT2D eigenvalue weighted by atomic mass is 9.43. The Labute approximate surface area is 350 Å². The van der Waals surface area contributed by atoms with Gasteiger partial charge in [0.05, 0.1) is 50.7 Å². The molecule has 0 radical (unpaired) electrons. The number of carbonyl (C=O) groups excluding carboxylic acids is 4. The number of primary amides is 1. The summed E-state index contributed by atoms with van der Waals surface area (Å²) < 4.78 is 21.7. The summed E-state index contributed by atoms with van der Waals surface area (Å²) >= 11 is 0. The van der Waals surface area contributed by atoms with Crippen molar-refractivity contribution in [2.24, 2.45) is 46.2 Å². The number of phenols is 1. The van der Waals surface area contributed by atoms with E-state index in [9.17, 15) is 34.5 Å². The number of esters is 1. The molecule has 0 spiro atoms. The van der Waals surface area contributed by atoms with Crippen LogP contribution in [0.1, 0.15) is 134 Å². The van der Waals surface area contributed by atoms with Gasteiger partial charge in [-0.1, -0.05) is 46.5 Å². The molecular formula is C45H71N3O11. The van der Waals surface area contributed by atoms with Crippen molar-refractivity contribution in [3.63, 3.8) is 0 Å². The third-order valence-electron chi connectivity index (χ3n) is 14.8. The highest BCUT2D eigenvalue weighted by Crippen LogP contribution is 2.69. The number of nitrogens with one attached hydrogen (secondary N) is 2. The van der Waals surface area contributed by atoms with Crippen molar-refractivity contribution in [2.75, 3.05) is 45.4 Å². The molecule has 4 aliphatic rings. The van der Waals surface area contributed by atoms with Crippen LogP contribution in [0.2, 0.25) is 0 Å². The predicted molar refractivity (Wildman–Crippen MR) is 222 cm³/mol. The van der Waals surface area contributed by atoms with E-state index in [2.05, 4.69) is 38.3 Å². The van der Waals surface area contributed by atoms with Crippen LogP contribution in [0.4, 0.5) is 5.69 Å². The predicted octanol–water partition coefficient (Wildman–Crippen LogP) is 5.63. The first-order valence-corrected chi connectivity index (χ1v) is 22.1. The molecule has 0 heterocycles. The van der Waals surface area contributed by atoms with E-state index in [1.807, 2.05) is 0 Å². The lowest BCUT2D eigenvalue weighted by molar-refractivity contribution is -0.187. The van der Waals surface area contributed by atoms with E-state index in [4.69, 9.17) is 24.7 Å². The normalized spacial score (nSPS) is 30.9. The van der Waals surface area contributed by atoms with Crippen LogP contribution >= 0.6 is 0 Å². The Kier molecular flexibility index (Phi) is 16.1. The zero-order valence-corrected chi connectivity index (χ0v) is 36.0. The Bertz CT molecular complexity index is 1620. The van der Waals surface area contributed by atoms with E-state index in [-0.39, 0.29) is 91.6 Å².